The topological polar surface area (TPSA) is 36.4 Å². The highest BCUT2D eigenvalue weighted by atomic mass is 16.5. The quantitative estimate of drug-likeness (QED) is 0.733. The summed E-state index contributed by atoms with van der Waals surface area (Å²) in [7, 11) is 1.63. The Labute approximate surface area is 82.6 Å². The summed E-state index contributed by atoms with van der Waals surface area (Å²) >= 11 is 0. The summed E-state index contributed by atoms with van der Waals surface area (Å²) in [6, 6.07) is 9.85. The zero-order valence-corrected chi connectivity index (χ0v) is 8.01. The van der Waals surface area contributed by atoms with E-state index in [1.165, 1.54) is 5.06 Å². The number of rotatable bonds is 2. The van der Waals surface area contributed by atoms with Crippen LogP contribution in [0, 0.1) is 0 Å². The summed E-state index contributed by atoms with van der Waals surface area (Å²) in [4.78, 5) is 4.25. The van der Waals surface area contributed by atoms with Crippen molar-refractivity contribution >= 4 is 10.9 Å². The van der Waals surface area contributed by atoms with E-state index in [0.29, 0.717) is 6.54 Å². The molecule has 0 amide bonds. The summed E-state index contributed by atoms with van der Waals surface area (Å²) in [6.07, 6.45) is 1.77. The van der Waals surface area contributed by atoms with E-state index in [4.69, 9.17) is 0 Å². The molecule has 1 N–H and O–H groups in total. The van der Waals surface area contributed by atoms with Gasteiger partial charge >= 0.3 is 0 Å². The lowest BCUT2D eigenvalue weighted by atomic mass is 10.1. The van der Waals surface area contributed by atoms with Crippen LogP contribution in [0.15, 0.2) is 36.5 Å². The van der Waals surface area contributed by atoms with E-state index in [0.717, 1.165) is 16.5 Å². The van der Waals surface area contributed by atoms with Gasteiger partial charge in [-0.1, -0.05) is 18.2 Å². The van der Waals surface area contributed by atoms with Gasteiger partial charge in [0.25, 0.3) is 0 Å². The predicted molar refractivity (Wildman–Crippen MR) is 55.0 cm³/mol. The maximum absolute atomic E-state index is 9.18. The molecule has 1 aromatic heterocycles. The number of nitrogens with zero attached hydrogens (tertiary/aromatic N) is 2. The number of fused-ring (bicyclic) bond motifs is 1. The average Bonchev–Trinajstić information content (AvgIpc) is 2.18. The molecule has 0 atom stereocenters. The molecule has 0 saturated carbocycles. The molecule has 0 bridgehead atoms. The summed E-state index contributed by atoms with van der Waals surface area (Å²) in [5, 5.41) is 11.4. The maximum atomic E-state index is 9.18. The molecular formula is C11H12N2O. The van der Waals surface area contributed by atoms with Gasteiger partial charge in [0.05, 0.1) is 5.52 Å². The van der Waals surface area contributed by atoms with Crippen LogP contribution in [0.4, 0.5) is 0 Å². The molecule has 14 heavy (non-hydrogen) atoms. The summed E-state index contributed by atoms with van der Waals surface area (Å²) in [6.45, 7) is 0.517. The van der Waals surface area contributed by atoms with Crippen molar-refractivity contribution in [2.45, 2.75) is 6.54 Å². The molecule has 0 saturated heterocycles. The van der Waals surface area contributed by atoms with E-state index >= 15 is 0 Å². The number of hydrogen-bond acceptors (Lipinski definition) is 3. The Balaban J connectivity index is 2.53. The van der Waals surface area contributed by atoms with Gasteiger partial charge < -0.3 is 5.21 Å². The second-order valence-corrected chi connectivity index (χ2v) is 3.30. The third kappa shape index (κ3) is 1.73. The lowest BCUT2D eigenvalue weighted by molar-refractivity contribution is -0.0728. The lowest BCUT2D eigenvalue weighted by Gasteiger charge is -2.09. The highest BCUT2D eigenvalue weighted by Crippen LogP contribution is 2.16. The molecule has 72 valence electrons. The molecule has 1 aromatic carbocycles. The SMILES string of the molecule is CN(O)Cc1ccnc2ccccc12. The molecule has 0 aliphatic rings. The van der Waals surface area contributed by atoms with Crippen LogP contribution in [0.5, 0.6) is 0 Å². The number of hydroxylamine groups is 2. The third-order valence-electron chi connectivity index (χ3n) is 2.14. The Morgan fingerprint density at radius 2 is 2.07 bits per heavy atom. The number of pyridine rings is 1. The summed E-state index contributed by atoms with van der Waals surface area (Å²) in [5.41, 5.74) is 2.05. The maximum Gasteiger partial charge on any atom is 0.0705 e. The standard InChI is InChI=1S/C11H12N2O/c1-13(14)8-9-6-7-12-11-5-3-2-4-10(9)11/h2-7,14H,8H2,1H3. The Bertz CT molecular complexity index is 435. The molecule has 0 fully saturated rings. The molecule has 3 heteroatoms. The molecule has 2 aromatic rings. The monoisotopic (exact) mass is 188 g/mol. The van der Waals surface area contributed by atoms with E-state index in [1.54, 1.807) is 13.2 Å². The highest BCUT2D eigenvalue weighted by molar-refractivity contribution is 5.81. The van der Waals surface area contributed by atoms with Gasteiger partial charge in [0.2, 0.25) is 0 Å². The van der Waals surface area contributed by atoms with E-state index in [2.05, 4.69) is 4.98 Å². The summed E-state index contributed by atoms with van der Waals surface area (Å²) in [5.74, 6) is 0. The number of benzene rings is 1. The van der Waals surface area contributed by atoms with Crippen LogP contribution < -0.4 is 0 Å². The number of para-hydroxylation sites is 1. The van der Waals surface area contributed by atoms with Gasteiger partial charge in [-0.25, -0.2) is 0 Å². The van der Waals surface area contributed by atoms with Crippen molar-refractivity contribution in [2.24, 2.45) is 0 Å². The fourth-order valence-corrected chi connectivity index (χ4v) is 1.54. The highest BCUT2D eigenvalue weighted by Gasteiger charge is 2.02. The van der Waals surface area contributed by atoms with Crippen LogP contribution in [0.3, 0.4) is 0 Å². The molecule has 0 radical (unpaired) electrons. The minimum atomic E-state index is 0.517. The smallest absolute Gasteiger partial charge is 0.0705 e. The molecule has 0 aliphatic heterocycles. The second kappa shape index (κ2) is 3.74. The van der Waals surface area contributed by atoms with E-state index in [1.807, 2.05) is 30.3 Å². The number of hydrogen-bond donors (Lipinski definition) is 1. The fourth-order valence-electron chi connectivity index (χ4n) is 1.54. The first kappa shape index (κ1) is 9.12. The molecule has 0 aliphatic carbocycles. The van der Waals surface area contributed by atoms with Crippen molar-refractivity contribution in [3.63, 3.8) is 0 Å². The van der Waals surface area contributed by atoms with Crippen molar-refractivity contribution in [1.82, 2.24) is 10.0 Å². The first-order valence-electron chi connectivity index (χ1n) is 4.50. The van der Waals surface area contributed by atoms with Crippen LogP contribution in [0.1, 0.15) is 5.56 Å². The molecule has 1 heterocycles. The average molecular weight is 188 g/mol. The van der Waals surface area contributed by atoms with Gasteiger partial charge in [-0.15, -0.1) is 0 Å². The van der Waals surface area contributed by atoms with Gasteiger partial charge in [-0.05, 0) is 17.7 Å². The predicted octanol–water partition coefficient (Wildman–Crippen LogP) is 2.06. The van der Waals surface area contributed by atoms with Crippen LogP contribution in [0.2, 0.25) is 0 Å². The minimum absolute atomic E-state index is 0.517. The Morgan fingerprint density at radius 3 is 2.86 bits per heavy atom. The Hall–Kier alpha value is -1.45. The Kier molecular flexibility index (Phi) is 2.43. The van der Waals surface area contributed by atoms with Crippen molar-refractivity contribution in [3.8, 4) is 0 Å². The molecular weight excluding hydrogens is 176 g/mol. The van der Waals surface area contributed by atoms with Gasteiger partial charge in [-0.3, -0.25) is 4.98 Å². The number of aromatic nitrogens is 1. The van der Waals surface area contributed by atoms with Crippen LogP contribution >= 0.6 is 0 Å². The van der Waals surface area contributed by atoms with Crippen molar-refractivity contribution in [3.05, 3.63) is 42.1 Å². The lowest BCUT2D eigenvalue weighted by Crippen LogP contribution is -2.11. The normalized spacial score (nSPS) is 11.1. The Morgan fingerprint density at radius 1 is 1.29 bits per heavy atom. The van der Waals surface area contributed by atoms with E-state index in [9.17, 15) is 5.21 Å². The van der Waals surface area contributed by atoms with Gasteiger partial charge in [-0.2, -0.15) is 5.06 Å². The minimum Gasteiger partial charge on any atom is -0.314 e. The van der Waals surface area contributed by atoms with E-state index in [-0.39, 0.29) is 0 Å². The third-order valence-corrected chi connectivity index (χ3v) is 2.14. The molecule has 0 unspecified atom stereocenters. The first-order chi connectivity index (χ1) is 6.77. The second-order valence-electron chi connectivity index (χ2n) is 3.30. The summed E-state index contributed by atoms with van der Waals surface area (Å²) < 4.78 is 0. The molecule has 2 rings (SSSR count). The van der Waals surface area contributed by atoms with Crippen LogP contribution in [-0.2, 0) is 6.54 Å². The van der Waals surface area contributed by atoms with Crippen molar-refractivity contribution < 1.29 is 5.21 Å². The van der Waals surface area contributed by atoms with Crippen LogP contribution in [-0.4, -0.2) is 22.3 Å². The van der Waals surface area contributed by atoms with Crippen LogP contribution in [0.25, 0.3) is 10.9 Å². The zero-order valence-electron chi connectivity index (χ0n) is 8.01. The largest absolute Gasteiger partial charge is 0.314 e. The fraction of sp³-hybridized carbons (Fsp3) is 0.182. The first-order valence-corrected chi connectivity index (χ1v) is 4.50. The molecule has 0 spiro atoms. The van der Waals surface area contributed by atoms with Crippen molar-refractivity contribution in [1.29, 1.82) is 0 Å². The van der Waals surface area contributed by atoms with Gasteiger partial charge in [0.15, 0.2) is 0 Å². The molecule has 3 nitrogen and oxygen atoms in total. The van der Waals surface area contributed by atoms with Gasteiger partial charge in [0, 0.05) is 25.2 Å². The zero-order chi connectivity index (χ0) is 9.97. The van der Waals surface area contributed by atoms with Crippen molar-refractivity contribution in [2.75, 3.05) is 7.05 Å². The van der Waals surface area contributed by atoms with E-state index < -0.39 is 0 Å². The van der Waals surface area contributed by atoms with Gasteiger partial charge in [0.1, 0.15) is 0 Å².